The van der Waals surface area contributed by atoms with Crippen molar-refractivity contribution in [3.63, 3.8) is 0 Å². The lowest BCUT2D eigenvalue weighted by Gasteiger charge is -2.29. The van der Waals surface area contributed by atoms with Crippen LogP contribution in [0, 0.1) is 5.92 Å². The average Bonchev–Trinajstić information content (AvgIpc) is 2.80. The molecule has 2 rings (SSSR count). The standard InChI is InChI=1S/C25H34ClN3O4S/c1-5-28-34(32,33)23-13-8-20(9-14-23)10-15-24(30)29(17-21-6-11-22(26)12-7-21)19(4)25(31)27-16-18(2)3/h6-9,11-14,18-19,28H,5,10,15-17H2,1-4H3,(H,27,31)/t19-/m1/s1. The first-order valence-electron chi connectivity index (χ1n) is 11.4. The molecule has 0 aliphatic carbocycles. The molecule has 0 aromatic heterocycles. The van der Waals surface area contributed by atoms with E-state index in [-0.39, 0.29) is 29.7 Å². The third-order valence-electron chi connectivity index (χ3n) is 5.31. The second-order valence-electron chi connectivity index (χ2n) is 8.61. The molecule has 0 saturated carbocycles. The summed E-state index contributed by atoms with van der Waals surface area (Å²) in [5.74, 6) is -0.0589. The van der Waals surface area contributed by atoms with Gasteiger partial charge in [0.25, 0.3) is 0 Å². The van der Waals surface area contributed by atoms with Crippen molar-refractivity contribution in [1.29, 1.82) is 0 Å². The Morgan fingerprint density at radius 1 is 0.971 bits per heavy atom. The monoisotopic (exact) mass is 507 g/mol. The smallest absolute Gasteiger partial charge is 0.242 e. The van der Waals surface area contributed by atoms with Gasteiger partial charge in [0.05, 0.1) is 4.90 Å². The molecular formula is C25H34ClN3O4S. The molecular weight excluding hydrogens is 474 g/mol. The Morgan fingerprint density at radius 2 is 1.56 bits per heavy atom. The van der Waals surface area contributed by atoms with Gasteiger partial charge < -0.3 is 10.2 Å². The minimum atomic E-state index is -3.52. The van der Waals surface area contributed by atoms with Gasteiger partial charge in [0.15, 0.2) is 0 Å². The van der Waals surface area contributed by atoms with Crippen molar-refractivity contribution in [2.75, 3.05) is 13.1 Å². The SMILES string of the molecule is CCNS(=O)(=O)c1ccc(CCC(=O)N(Cc2ccc(Cl)cc2)[C@H](C)C(=O)NCC(C)C)cc1. The van der Waals surface area contributed by atoms with Crippen LogP contribution in [-0.4, -0.2) is 44.3 Å². The molecule has 7 nitrogen and oxygen atoms in total. The number of nitrogens with one attached hydrogen (secondary N) is 2. The Kier molecular flexibility index (Phi) is 10.5. The van der Waals surface area contributed by atoms with E-state index in [1.54, 1.807) is 43.0 Å². The van der Waals surface area contributed by atoms with Crippen LogP contribution in [0.3, 0.4) is 0 Å². The number of halogens is 1. The molecule has 2 aromatic rings. The number of nitrogens with zero attached hydrogens (tertiary/aromatic N) is 1. The van der Waals surface area contributed by atoms with Crippen LogP contribution in [0.1, 0.15) is 45.2 Å². The topological polar surface area (TPSA) is 95.6 Å². The van der Waals surface area contributed by atoms with Crippen LogP contribution in [0.15, 0.2) is 53.4 Å². The van der Waals surface area contributed by atoms with E-state index >= 15 is 0 Å². The Hall–Kier alpha value is -2.42. The highest BCUT2D eigenvalue weighted by Crippen LogP contribution is 2.17. The van der Waals surface area contributed by atoms with Crippen LogP contribution in [-0.2, 0) is 32.6 Å². The predicted molar refractivity (Wildman–Crippen MR) is 135 cm³/mol. The van der Waals surface area contributed by atoms with Gasteiger partial charge in [-0.1, -0.05) is 56.6 Å². The van der Waals surface area contributed by atoms with Gasteiger partial charge in [0, 0.05) is 31.1 Å². The molecule has 34 heavy (non-hydrogen) atoms. The molecule has 9 heteroatoms. The van der Waals surface area contributed by atoms with Crippen LogP contribution in [0.2, 0.25) is 5.02 Å². The molecule has 0 unspecified atom stereocenters. The van der Waals surface area contributed by atoms with Crippen LogP contribution in [0.4, 0.5) is 0 Å². The number of sulfonamides is 1. The Balaban J connectivity index is 2.12. The summed E-state index contributed by atoms with van der Waals surface area (Å²) in [4.78, 5) is 27.7. The number of carbonyl (C=O) groups is 2. The minimum Gasteiger partial charge on any atom is -0.354 e. The third kappa shape index (κ3) is 8.42. The summed E-state index contributed by atoms with van der Waals surface area (Å²) < 4.78 is 26.7. The van der Waals surface area contributed by atoms with Crippen LogP contribution in [0.5, 0.6) is 0 Å². The van der Waals surface area contributed by atoms with E-state index in [1.807, 2.05) is 26.0 Å². The predicted octanol–water partition coefficient (Wildman–Crippen LogP) is 3.76. The summed E-state index contributed by atoms with van der Waals surface area (Å²) in [6.45, 7) is 8.60. The lowest BCUT2D eigenvalue weighted by atomic mass is 10.1. The van der Waals surface area contributed by atoms with Crippen molar-refractivity contribution >= 4 is 33.4 Å². The molecule has 2 N–H and O–H groups in total. The molecule has 2 aromatic carbocycles. The maximum absolute atomic E-state index is 13.2. The molecule has 0 aliphatic rings. The van der Waals surface area contributed by atoms with Gasteiger partial charge in [-0.3, -0.25) is 9.59 Å². The minimum absolute atomic E-state index is 0.161. The van der Waals surface area contributed by atoms with Crippen LogP contribution in [0.25, 0.3) is 0 Å². The number of benzene rings is 2. The maximum atomic E-state index is 13.2. The van der Waals surface area contributed by atoms with Gasteiger partial charge in [-0.05, 0) is 54.7 Å². The van der Waals surface area contributed by atoms with Crippen molar-refractivity contribution in [3.8, 4) is 0 Å². The summed E-state index contributed by atoms with van der Waals surface area (Å²) >= 11 is 5.98. The van der Waals surface area contributed by atoms with E-state index < -0.39 is 16.1 Å². The van der Waals surface area contributed by atoms with Crippen molar-refractivity contribution in [3.05, 3.63) is 64.7 Å². The second kappa shape index (κ2) is 12.9. The normalized spacial score (nSPS) is 12.4. The molecule has 1 atom stereocenters. The lowest BCUT2D eigenvalue weighted by molar-refractivity contribution is -0.140. The first-order chi connectivity index (χ1) is 16.0. The number of hydrogen-bond donors (Lipinski definition) is 2. The third-order valence-corrected chi connectivity index (χ3v) is 7.13. The zero-order chi connectivity index (χ0) is 25.3. The highest BCUT2D eigenvalue weighted by molar-refractivity contribution is 7.89. The fourth-order valence-electron chi connectivity index (χ4n) is 3.33. The fourth-order valence-corrected chi connectivity index (χ4v) is 4.49. The number of rotatable bonds is 12. The molecule has 0 spiro atoms. The summed E-state index contributed by atoms with van der Waals surface area (Å²) in [6.07, 6.45) is 0.618. The molecule has 186 valence electrons. The van der Waals surface area contributed by atoms with E-state index in [0.717, 1.165) is 11.1 Å². The van der Waals surface area contributed by atoms with E-state index in [0.29, 0.717) is 30.5 Å². The summed E-state index contributed by atoms with van der Waals surface area (Å²) in [5.41, 5.74) is 1.71. The maximum Gasteiger partial charge on any atom is 0.242 e. The van der Waals surface area contributed by atoms with Crippen molar-refractivity contribution in [2.24, 2.45) is 5.92 Å². The fraction of sp³-hybridized carbons (Fsp3) is 0.440. The molecule has 0 bridgehead atoms. The van der Waals surface area contributed by atoms with E-state index in [2.05, 4.69) is 10.0 Å². The summed E-state index contributed by atoms with van der Waals surface area (Å²) in [6, 6.07) is 13.0. The Morgan fingerprint density at radius 3 is 2.12 bits per heavy atom. The van der Waals surface area contributed by atoms with Gasteiger partial charge in [0.2, 0.25) is 21.8 Å². The number of aryl methyl sites for hydroxylation is 1. The largest absolute Gasteiger partial charge is 0.354 e. The molecule has 0 saturated heterocycles. The first-order valence-corrected chi connectivity index (χ1v) is 13.3. The van der Waals surface area contributed by atoms with E-state index in [1.165, 1.54) is 12.1 Å². The van der Waals surface area contributed by atoms with Crippen LogP contribution >= 0.6 is 11.6 Å². The first kappa shape index (κ1) is 27.8. The Labute approximate surface area is 207 Å². The number of carbonyl (C=O) groups excluding carboxylic acids is 2. The van der Waals surface area contributed by atoms with Gasteiger partial charge in [-0.25, -0.2) is 13.1 Å². The average molecular weight is 508 g/mol. The highest BCUT2D eigenvalue weighted by atomic mass is 35.5. The molecule has 0 aliphatic heterocycles. The van der Waals surface area contributed by atoms with Gasteiger partial charge in [0.1, 0.15) is 6.04 Å². The number of hydrogen-bond acceptors (Lipinski definition) is 4. The zero-order valence-electron chi connectivity index (χ0n) is 20.2. The van der Waals surface area contributed by atoms with Gasteiger partial charge in [-0.2, -0.15) is 0 Å². The van der Waals surface area contributed by atoms with Crippen LogP contribution < -0.4 is 10.0 Å². The van der Waals surface area contributed by atoms with Crippen molar-refractivity contribution < 1.29 is 18.0 Å². The second-order valence-corrected chi connectivity index (χ2v) is 10.8. The number of amides is 2. The van der Waals surface area contributed by atoms with Gasteiger partial charge in [-0.15, -0.1) is 0 Å². The highest BCUT2D eigenvalue weighted by Gasteiger charge is 2.26. The summed E-state index contributed by atoms with van der Waals surface area (Å²) in [7, 11) is -3.52. The van der Waals surface area contributed by atoms with Gasteiger partial charge >= 0.3 is 0 Å². The van der Waals surface area contributed by atoms with Crippen molar-refractivity contribution in [1.82, 2.24) is 14.9 Å². The molecule has 2 amide bonds. The molecule has 0 radical (unpaired) electrons. The lowest BCUT2D eigenvalue weighted by Crippen LogP contribution is -2.48. The molecule has 0 fully saturated rings. The zero-order valence-corrected chi connectivity index (χ0v) is 21.7. The van der Waals surface area contributed by atoms with E-state index in [4.69, 9.17) is 11.6 Å². The molecule has 0 heterocycles. The quantitative estimate of drug-likeness (QED) is 0.457. The van der Waals surface area contributed by atoms with E-state index in [9.17, 15) is 18.0 Å². The van der Waals surface area contributed by atoms with Crippen molar-refractivity contribution in [2.45, 2.75) is 58.0 Å². The summed E-state index contributed by atoms with van der Waals surface area (Å²) in [5, 5.41) is 3.50. The Bertz CT molecular complexity index is 1050.